The Morgan fingerprint density at radius 2 is 2.06 bits per heavy atom. The lowest BCUT2D eigenvalue weighted by molar-refractivity contribution is -0.148. The lowest BCUT2D eigenvalue weighted by Crippen LogP contribution is -2.52. The molecule has 0 rings (SSSR count). The number of aliphatic carboxylic acids is 1. The molecule has 0 saturated heterocycles. The molecule has 0 bridgehead atoms. The van der Waals surface area contributed by atoms with Gasteiger partial charge in [-0.05, 0) is 20.8 Å². The number of amides is 2. The minimum absolute atomic E-state index is 0.0750. The molecule has 0 aliphatic carbocycles. The van der Waals surface area contributed by atoms with Crippen molar-refractivity contribution in [3.05, 3.63) is 12.7 Å². The SMILES string of the molecule is C=CCN(C(=O)NCC(OC)C(=O)O)C(C)(C)C. The molecule has 0 aliphatic heterocycles. The average Bonchev–Trinajstić information content (AvgIpc) is 2.24. The van der Waals surface area contributed by atoms with Crippen molar-refractivity contribution < 1.29 is 19.4 Å². The maximum atomic E-state index is 11.9. The number of nitrogens with zero attached hydrogens (tertiary/aromatic N) is 1. The zero-order chi connectivity index (χ0) is 14.3. The molecule has 1 atom stereocenters. The first-order valence-corrected chi connectivity index (χ1v) is 5.66. The van der Waals surface area contributed by atoms with Crippen LogP contribution in [0.5, 0.6) is 0 Å². The van der Waals surface area contributed by atoms with E-state index in [9.17, 15) is 9.59 Å². The number of rotatable bonds is 6. The summed E-state index contributed by atoms with van der Waals surface area (Å²) >= 11 is 0. The van der Waals surface area contributed by atoms with Gasteiger partial charge in [-0.3, -0.25) is 0 Å². The molecule has 0 aromatic heterocycles. The number of hydrogen-bond donors (Lipinski definition) is 2. The molecule has 6 nitrogen and oxygen atoms in total. The van der Waals surface area contributed by atoms with E-state index in [4.69, 9.17) is 9.84 Å². The molecule has 0 aromatic carbocycles. The highest BCUT2D eigenvalue weighted by Crippen LogP contribution is 2.12. The molecule has 18 heavy (non-hydrogen) atoms. The Balaban J connectivity index is 4.53. The molecule has 2 amide bonds. The third-order valence-corrected chi connectivity index (χ3v) is 2.37. The van der Waals surface area contributed by atoms with Crippen LogP contribution in [0.15, 0.2) is 12.7 Å². The molecule has 0 radical (unpaired) electrons. The monoisotopic (exact) mass is 258 g/mol. The number of hydrogen-bond acceptors (Lipinski definition) is 3. The molecular weight excluding hydrogens is 236 g/mol. The van der Waals surface area contributed by atoms with Crippen LogP contribution in [-0.4, -0.2) is 53.8 Å². The van der Waals surface area contributed by atoms with E-state index in [0.29, 0.717) is 6.54 Å². The molecule has 0 fully saturated rings. The van der Waals surface area contributed by atoms with E-state index in [1.165, 1.54) is 7.11 Å². The number of carbonyl (C=O) groups excluding carboxylic acids is 1. The predicted octanol–water partition coefficient (Wildman–Crippen LogP) is 1.08. The van der Waals surface area contributed by atoms with Crippen molar-refractivity contribution in [3.8, 4) is 0 Å². The predicted molar refractivity (Wildman–Crippen MR) is 68.5 cm³/mol. The van der Waals surface area contributed by atoms with Gasteiger partial charge in [-0.2, -0.15) is 0 Å². The third kappa shape index (κ3) is 5.18. The van der Waals surface area contributed by atoms with Gasteiger partial charge < -0.3 is 20.1 Å². The van der Waals surface area contributed by atoms with Gasteiger partial charge in [0.15, 0.2) is 6.10 Å². The maximum Gasteiger partial charge on any atom is 0.334 e. The highest BCUT2D eigenvalue weighted by molar-refractivity contribution is 5.77. The Hall–Kier alpha value is -1.56. The molecule has 0 aromatic rings. The van der Waals surface area contributed by atoms with Crippen LogP contribution in [0.25, 0.3) is 0 Å². The minimum atomic E-state index is -1.11. The van der Waals surface area contributed by atoms with Crippen molar-refractivity contribution in [1.29, 1.82) is 0 Å². The van der Waals surface area contributed by atoms with Gasteiger partial charge in [0.2, 0.25) is 0 Å². The summed E-state index contributed by atoms with van der Waals surface area (Å²) in [4.78, 5) is 24.2. The summed E-state index contributed by atoms with van der Waals surface area (Å²) in [5.74, 6) is -1.11. The van der Waals surface area contributed by atoms with E-state index in [2.05, 4.69) is 11.9 Å². The second kappa shape index (κ2) is 7.00. The Kier molecular flexibility index (Phi) is 6.40. The van der Waals surface area contributed by atoms with Crippen LogP contribution in [0.3, 0.4) is 0 Å². The van der Waals surface area contributed by atoms with Crippen molar-refractivity contribution in [1.82, 2.24) is 10.2 Å². The minimum Gasteiger partial charge on any atom is -0.479 e. The van der Waals surface area contributed by atoms with E-state index in [1.807, 2.05) is 20.8 Å². The topological polar surface area (TPSA) is 78.9 Å². The first kappa shape index (κ1) is 16.4. The van der Waals surface area contributed by atoms with Crippen LogP contribution in [0.2, 0.25) is 0 Å². The fourth-order valence-electron chi connectivity index (χ4n) is 1.34. The fraction of sp³-hybridized carbons (Fsp3) is 0.667. The second-order valence-electron chi connectivity index (χ2n) is 4.82. The summed E-state index contributed by atoms with van der Waals surface area (Å²) in [6, 6.07) is -0.342. The standard InChI is InChI=1S/C12H22N2O4/c1-6-7-14(12(2,3)4)11(17)13-8-9(18-5)10(15)16/h6,9H,1,7-8H2,2-5H3,(H,13,17)(H,15,16). The maximum absolute atomic E-state index is 11.9. The van der Waals surface area contributed by atoms with E-state index in [-0.39, 0.29) is 18.1 Å². The molecule has 2 N–H and O–H groups in total. The van der Waals surface area contributed by atoms with E-state index >= 15 is 0 Å². The van der Waals surface area contributed by atoms with Crippen molar-refractivity contribution in [2.75, 3.05) is 20.2 Å². The van der Waals surface area contributed by atoms with Gasteiger partial charge in [-0.15, -0.1) is 6.58 Å². The summed E-state index contributed by atoms with van der Waals surface area (Å²) in [6.07, 6.45) is 0.579. The van der Waals surface area contributed by atoms with Crippen LogP contribution in [0.1, 0.15) is 20.8 Å². The lowest BCUT2D eigenvalue weighted by Gasteiger charge is -2.35. The second-order valence-corrected chi connectivity index (χ2v) is 4.82. The van der Waals surface area contributed by atoms with Gasteiger partial charge in [-0.1, -0.05) is 6.08 Å². The molecular formula is C12H22N2O4. The van der Waals surface area contributed by atoms with Crippen LogP contribution in [0, 0.1) is 0 Å². The number of urea groups is 1. The van der Waals surface area contributed by atoms with Crippen molar-refractivity contribution in [2.45, 2.75) is 32.4 Å². The molecule has 0 saturated carbocycles. The Morgan fingerprint density at radius 3 is 2.39 bits per heavy atom. The number of ether oxygens (including phenoxy) is 1. The first-order valence-electron chi connectivity index (χ1n) is 5.66. The summed E-state index contributed by atoms with van der Waals surface area (Å²) in [5, 5.41) is 11.3. The summed E-state index contributed by atoms with van der Waals surface area (Å²) in [6.45, 7) is 9.58. The first-order chi connectivity index (χ1) is 8.23. The fourth-order valence-corrected chi connectivity index (χ4v) is 1.34. The summed E-state index contributed by atoms with van der Waals surface area (Å²) < 4.78 is 4.73. The molecule has 104 valence electrons. The van der Waals surface area contributed by atoms with Gasteiger partial charge in [0.25, 0.3) is 0 Å². The van der Waals surface area contributed by atoms with E-state index < -0.39 is 12.1 Å². The van der Waals surface area contributed by atoms with Gasteiger partial charge in [0.05, 0.1) is 6.54 Å². The van der Waals surface area contributed by atoms with E-state index in [1.54, 1.807) is 11.0 Å². The largest absolute Gasteiger partial charge is 0.479 e. The van der Waals surface area contributed by atoms with Crippen LogP contribution < -0.4 is 5.32 Å². The number of nitrogens with one attached hydrogen (secondary N) is 1. The number of methoxy groups -OCH3 is 1. The van der Waals surface area contributed by atoms with Crippen LogP contribution >= 0.6 is 0 Å². The van der Waals surface area contributed by atoms with Crippen LogP contribution in [0.4, 0.5) is 4.79 Å². The number of carboxylic acids is 1. The van der Waals surface area contributed by atoms with Gasteiger partial charge in [0, 0.05) is 19.2 Å². The van der Waals surface area contributed by atoms with Crippen molar-refractivity contribution in [3.63, 3.8) is 0 Å². The van der Waals surface area contributed by atoms with Gasteiger partial charge in [-0.25, -0.2) is 9.59 Å². The molecule has 0 aliphatic rings. The third-order valence-electron chi connectivity index (χ3n) is 2.37. The average molecular weight is 258 g/mol. The zero-order valence-electron chi connectivity index (χ0n) is 11.4. The Bertz CT molecular complexity index is 310. The lowest BCUT2D eigenvalue weighted by atomic mass is 10.1. The van der Waals surface area contributed by atoms with Crippen molar-refractivity contribution >= 4 is 12.0 Å². The smallest absolute Gasteiger partial charge is 0.334 e. The normalized spacial score (nSPS) is 12.7. The quantitative estimate of drug-likeness (QED) is 0.699. The number of carboxylic acid groups (broad SMARTS) is 1. The molecule has 6 heteroatoms. The molecule has 0 heterocycles. The Labute approximate surface area is 108 Å². The van der Waals surface area contributed by atoms with Crippen LogP contribution in [-0.2, 0) is 9.53 Å². The number of carbonyl (C=O) groups is 2. The van der Waals surface area contributed by atoms with Gasteiger partial charge >= 0.3 is 12.0 Å². The summed E-state index contributed by atoms with van der Waals surface area (Å²) in [7, 11) is 1.29. The molecule has 0 spiro atoms. The highest BCUT2D eigenvalue weighted by Gasteiger charge is 2.26. The molecule has 1 unspecified atom stereocenters. The van der Waals surface area contributed by atoms with E-state index in [0.717, 1.165) is 0 Å². The zero-order valence-corrected chi connectivity index (χ0v) is 11.4. The Morgan fingerprint density at radius 1 is 1.50 bits per heavy atom. The summed E-state index contributed by atoms with van der Waals surface area (Å²) in [5.41, 5.74) is -0.371. The van der Waals surface area contributed by atoms with Crippen molar-refractivity contribution in [2.24, 2.45) is 0 Å². The van der Waals surface area contributed by atoms with Gasteiger partial charge in [0.1, 0.15) is 0 Å². The highest BCUT2D eigenvalue weighted by atomic mass is 16.5.